The lowest BCUT2D eigenvalue weighted by atomic mass is 10.1. The summed E-state index contributed by atoms with van der Waals surface area (Å²) in [6.45, 7) is 0.634. The number of benzene rings is 2. The predicted molar refractivity (Wildman–Crippen MR) is 96.8 cm³/mol. The molecule has 1 aliphatic rings. The Morgan fingerprint density at radius 2 is 2.04 bits per heavy atom. The molecule has 2 aromatic rings. The molecule has 0 unspecified atom stereocenters. The summed E-state index contributed by atoms with van der Waals surface area (Å²) in [5, 5.41) is 3.90. The fourth-order valence-corrected chi connectivity index (χ4v) is 3.01. The van der Waals surface area contributed by atoms with E-state index in [-0.39, 0.29) is 6.61 Å². The molecule has 4 nitrogen and oxygen atoms in total. The van der Waals surface area contributed by atoms with Crippen molar-refractivity contribution >= 4 is 40.7 Å². The first kappa shape index (κ1) is 16.8. The van der Waals surface area contributed by atoms with Crippen LogP contribution >= 0.6 is 23.2 Å². The maximum Gasteiger partial charge on any atom is 0.407 e. The molecule has 0 atom stereocenters. The van der Waals surface area contributed by atoms with Crippen molar-refractivity contribution in [3.8, 4) is 0 Å². The Morgan fingerprint density at radius 1 is 1.21 bits per heavy atom. The number of hydrogen-bond acceptors (Lipinski definition) is 3. The largest absolute Gasteiger partial charge is 0.443 e. The second-order valence-corrected chi connectivity index (χ2v) is 6.32. The van der Waals surface area contributed by atoms with Gasteiger partial charge >= 0.3 is 6.09 Å². The van der Waals surface area contributed by atoms with Gasteiger partial charge in [0.2, 0.25) is 0 Å². The van der Waals surface area contributed by atoms with Crippen molar-refractivity contribution in [2.45, 2.75) is 12.8 Å². The molecule has 0 bridgehead atoms. The molecule has 1 aliphatic heterocycles. The van der Waals surface area contributed by atoms with E-state index in [1.54, 1.807) is 12.1 Å². The van der Waals surface area contributed by atoms with Crippen LogP contribution in [0.15, 0.2) is 47.5 Å². The topological polar surface area (TPSA) is 50.7 Å². The van der Waals surface area contributed by atoms with Gasteiger partial charge in [0.25, 0.3) is 0 Å². The second kappa shape index (κ2) is 7.69. The van der Waals surface area contributed by atoms with E-state index in [1.165, 1.54) is 0 Å². The van der Waals surface area contributed by atoms with Gasteiger partial charge in [-0.2, -0.15) is 0 Å². The van der Waals surface area contributed by atoms with Gasteiger partial charge in [-0.05, 0) is 35.7 Å². The minimum absolute atomic E-state index is 0.197. The van der Waals surface area contributed by atoms with Crippen LogP contribution in [0.5, 0.6) is 0 Å². The van der Waals surface area contributed by atoms with Crippen LogP contribution in [-0.4, -0.2) is 25.0 Å². The van der Waals surface area contributed by atoms with Gasteiger partial charge in [0.15, 0.2) is 0 Å². The number of aliphatic imine (C=N–C) groups is 1. The molecule has 3 rings (SSSR count). The minimum atomic E-state index is -0.459. The smallest absolute Gasteiger partial charge is 0.407 e. The summed E-state index contributed by atoms with van der Waals surface area (Å²) in [4.78, 5) is 16.2. The minimum Gasteiger partial charge on any atom is -0.443 e. The normalized spacial score (nSPS) is 12.5. The van der Waals surface area contributed by atoms with Gasteiger partial charge in [-0.15, -0.1) is 0 Å². The number of amides is 1. The van der Waals surface area contributed by atoms with E-state index in [9.17, 15) is 4.79 Å². The molecular weight excluding hydrogens is 347 g/mol. The van der Waals surface area contributed by atoms with Crippen molar-refractivity contribution in [1.29, 1.82) is 0 Å². The fourth-order valence-electron chi connectivity index (χ4n) is 2.51. The highest BCUT2D eigenvalue weighted by Crippen LogP contribution is 2.25. The van der Waals surface area contributed by atoms with Crippen molar-refractivity contribution in [2.24, 2.45) is 4.99 Å². The molecule has 0 fully saturated rings. The van der Waals surface area contributed by atoms with E-state index < -0.39 is 6.09 Å². The molecule has 0 saturated carbocycles. The molecule has 2 aromatic carbocycles. The van der Waals surface area contributed by atoms with E-state index >= 15 is 0 Å². The van der Waals surface area contributed by atoms with Crippen molar-refractivity contribution in [2.75, 3.05) is 13.2 Å². The summed E-state index contributed by atoms with van der Waals surface area (Å²) in [7, 11) is 0. The van der Waals surface area contributed by atoms with Crippen LogP contribution in [-0.2, 0) is 17.6 Å². The number of carbonyl (C=O) groups excluding carboxylic acids is 1. The standard InChI is InChI=1S/C18H16Cl2N2O2/c19-14-6-5-12(16(20)10-14)7-8-21-18(23)24-11-15-9-13-3-1-2-4-17(13)22-15/h1-6,10H,7-9,11H2,(H,21,23). The predicted octanol–water partition coefficient (Wildman–Crippen LogP) is 4.59. The fraction of sp³-hybridized carbons (Fsp3) is 0.222. The van der Waals surface area contributed by atoms with Crippen molar-refractivity contribution in [1.82, 2.24) is 5.32 Å². The number of fused-ring (bicyclic) bond motifs is 1. The lowest BCUT2D eigenvalue weighted by Crippen LogP contribution is -2.28. The van der Waals surface area contributed by atoms with Gasteiger partial charge in [-0.1, -0.05) is 47.5 Å². The quantitative estimate of drug-likeness (QED) is 0.845. The Hall–Kier alpha value is -2.04. The highest BCUT2D eigenvalue weighted by Gasteiger charge is 2.15. The van der Waals surface area contributed by atoms with Gasteiger partial charge in [-0.3, -0.25) is 4.99 Å². The summed E-state index contributed by atoms with van der Waals surface area (Å²) in [5.41, 5.74) is 3.90. The number of nitrogens with one attached hydrogen (secondary N) is 1. The molecule has 124 valence electrons. The van der Waals surface area contributed by atoms with E-state index in [0.29, 0.717) is 23.0 Å². The summed E-state index contributed by atoms with van der Waals surface area (Å²) in [5.74, 6) is 0. The average molecular weight is 363 g/mol. The number of nitrogens with zero attached hydrogens (tertiary/aromatic N) is 1. The molecule has 6 heteroatoms. The summed E-state index contributed by atoms with van der Waals surface area (Å²) >= 11 is 11.9. The van der Waals surface area contributed by atoms with Crippen molar-refractivity contribution in [3.63, 3.8) is 0 Å². The number of alkyl carbamates (subject to hydrolysis) is 1. The molecule has 0 aliphatic carbocycles. The average Bonchev–Trinajstić information content (AvgIpc) is 2.98. The first-order valence-corrected chi connectivity index (χ1v) is 8.36. The molecule has 0 saturated heterocycles. The monoisotopic (exact) mass is 362 g/mol. The molecule has 0 spiro atoms. The summed E-state index contributed by atoms with van der Waals surface area (Å²) < 4.78 is 5.21. The summed E-state index contributed by atoms with van der Waals surface area (Å²) in [6, 6.07) is 13.2. The Balaban J connectivity index is 1.41. The zero-order chi connectivity index (χ0) is 16.9. The van der Waals surface area contributed by atoms with Crippen LogP contribution in [0, 0.1) is 0 Å². The Bertz CT molecular complexity index is 790. The zero-order valence-corrected chi connectivity index (χ0v) is 14.4. The maximum absolute atomic E-state index is 11.8. The molecule has 1 heterocycles. The van der Waals surface area contributed by atoms with Gasteiger partial charge in [0, 0.05) is 23.0 Å². The third kappa shape index (κ3) is 4.28. The number of halogens is 2. The molecular formula is C18H16Cl2N2O2. The highest BCUT2D eigenvalue weighted by atomic mass is 35.5. The third-order valence-electron chi connectivity index (χ3n) is 3.71. The van der Waals surface area contributed by atoms with E-state index in [0.717, 1.165) is 28.9 Å². The number of carbonyl (C=O) groups is 1. The zero-order valence-electron chi connectivity index (χ0n) is 12.9. The van der Waals surface area contributed by atoms with Gasteiger partial charge in [0.05, 0.1) is 11.4 Å². The summed E-state index contributed by atoms with van der Waals surface area (Å²) in [6.07, 6.45) is 0.875. The Labute approximate surface area is 150 Å². The van der Waals surface area contributed by atoms with Crippen LogP contribution in [0.25, 0.3) is 0 Å². The van der Waals surface area contributed by atoms with E-state index in [4.69, 9.17) is 27.9 Å². The van der Waals surface area contributed by atoms with Crippen LogP contribution in [0.4, 0.5) is 10.5 Å². The molecule has 0 aromatic heterocycles. The van der Waals surface area contributed by atoms with Crippen molar-refractivity contribution < 1.29 is 9.53 Å². The SMILES string of the molecule is O=C(NCCc1ccc(Cl)cc1Cl)OCC1=Nc2ccccc2C1. The second-order valence-electron chi connectivity index (χ2n) is 5.47. The van der Waals surface area contributed by atoms with Crippen molar-refractivity contribution in [3.05, 3.63) is 63.6 Å². The Kier molecular flexibility index (Phi) is 5.38. The number of ether oxygens (including phenoxy) is 1. The highest BCUT2D eigenvalue weighted by molar-refractivity contribution is 6.35. The first-order chi connectivity index (χ1) is 11.6. The van der Waals surface area contributed by atoms with Gasteiger partial charge in [0.1, 0.15) is 6.61 Å². The lowest BCUT2D eigenvalue weighted by molar-refractivity contribution is 0.162. The van der Waals surface area contributed by atoms with E-state index in [2.05, 4.69) is 10.3 Å². The van der Waals surface area contributed by atoms with Crippen LogP contribution in [0.2, 0.25) is 10.0 Å². The first-order valence-electron chi connectivity index (χ1n) is 7.61. The van der Waals surface area contributed by atoms with Gasteiger partial charge in [-0.25, -0.2) is 4.79 Å². The third-order valence-corrected chi connectivity index (χ3v) is 4.30. The maximum atomic E-state index is 11.8. The van der Waals surface area contributed by atoms with Gasteiger partial charge < -0.3 is 10.1 Å². The lowest BCUT2D eigenvalue weighted by Gasteiger charge is -2.08. The van der Waals surface area contributed by atoms with Crippen LogP contribution in [0.3, 0.4) is 0 Å². The Morgan fingerprint density at radius 3 is 2.83 bits per heavy atom. The van der Waals surface area contributed by atoms with Crippen LogP contribution < -0.4 is 5.32 Å². The molecule has 24 heavy (non-hydrogen) atoms. The number of rotatable bonds is 5. The molecule has 0 radical (unpaired) electrons. The molecule has 1 amide bonds. The number of para-hydroxylation sites is 1. The van der Waals surface area contributed by atoms with E-state index in [1.807, 2.05) is 30.3 Å². The number of hydrogen-bond donors (Lipinski definition) is 1. The molecule has 1 N–H and O–H groups in total. The van der Waals surface area contributed by atoms with Crippen LogP contribution in [0.1, 0.15) is 11.1 Å².